The lowest BCUT2D eigenvalue weighted by Crippen LogP contribution is -2.56. The number of rotatable bonds is 30. The van der Waals surface area contributed by atoms with E-state index in [2.05, 4.69) is 32.9 Å². The van der Waals surface area contributed by atoms with E-state index in [-0.39, 0.29) is 115 Å². The number of aliphatic hydroxyl groups is 7. The number of allylic oxidation sites excluding steroid dienone is 3. The van der Waals surface area contributed by atoms with Crippen LogP contribution in [-0.4, -0.2) is 164 Å². The van der Waals surface area contributed by atoms with Crippen molar-refractivity contribution in [1.82, 2.24) is 0 Å². The number of aliphatic hydroxyl groups excluding tert-OH is 7. The molecule has 7 saturated carbocycles. The SMILES string of the molecule is CC(C)C1=CC2C[C@@]1(C(=O)O)[C@@](C=O)(C1CC(O)C(C)C1CCCCO)C2.COC1C(C)CC(OCCCCC2C(C)C(O)CC2[C@@]2(C(=O)O)CC3C=C(C(C)C)[C@@]2(C(=O)O)C3)C(O)C1O.COc1ccc(COC(=O)[C@@]23CC(C=C2C(C)C)C[C@]3(C=O)C2CC(O)C(C)C2CCCCO)cc1. The van der Waals surface area contributed by atoms with Crippen LogP contribution >= 0.6 is 0 Å². The fourth-order valence-electron chi connectivity index (χ4n) is 23.7. The van der Waals surface area contributed by atoms with Crippen molar-refractivity contribution in [3.63, 3.8) is 0 Å². The number of aldehydes is 2. The van der Waals surface area contributed by atoms with E-state index in [9.17, 15) is 74.7 Å². The van der Waals surface area contributed by atoms with E-state index in [1.165, 1.54) is 7.11 Å². The molecule has 10 aliphatic carbocycles. The molecule has 7 fully saturated rings. The van der Waals surface area contributed by atoms with Crippen LogP contribution in [0.15, 0.2) is 59.2 Å². The summed E-state index contributed by atoms with van der Waals surface area (Å²) in [4.78, 5) is 78.9. The minimum Gasteiger partial charge on any atom is -0.497 e. The Bertz CT molecular complexity index is 3190. The molecule has 102 heavy (non-hydrogen) atoms. The summed E-state index contributed by atoms with van der Waals surface area (Å²) in [5.41, 5.74) is -3.31. The second kappa shape index (κ2) is 32.7. The molecule has 0 saturated heterocycles. The zero-order chi connectivity index (χ0) is 74.9. The lowest BCUT2D eigenvalue weighted by Gasteiger charge is -2.49. The van der Waals surface area contributed by atoms with Crippen molar-refractivity contribution in [2.24, 2.45) is 127 Å². The van der Waals surface area contributed by atoms with Crippen LogP contribution in [0.2, 0.25) is 0 Å². The maximum Gasteiger partial charge on any atom is 0.317 e. The van der Waals surface area contributed by atoms with Crippen LogP contribution in [-0.2, 0) is 49.6 Å². The lowest BCUT2D eigenvalue weighted by atomic mass is 9.51. The summed E-state index contributed by atoms with van der Waals surface area (Å²) < 4.78 is 22.5. The second-order valence-electron chi connectivity index (χ2n) is 34.2. The van der Waals surface area contributed by atoms with Gasteiger partial charge >= 0.3 is 23.9 Å². The molecule has 0 aromatic heterocycles. The van der Waals surface area contributed by atoms with Gasteiger partial charge in [-0.15, -0.1) is 0 Å². The molecule has 0 heterocycles. The van der Waals surface area contributed by atoms with Crippen LogP contribution in [0.25, 0.3) is 0 Å². The number of hydrogen-bond acceptors (Lipinski definition) is 17. The Hall–Kier alpha value is -4.90. The predicted molar refractivity (Wildman–Crippen MR) is 382 cm³/mol. The van der Waals surface area contributed by atoms with Gasteiger partial charge in [-0.1, -0.05) is 136 Å². The van der Waals surface area contributed by atoms with Crippen molar-refractivity contribution in [1.29, 1.82) is 0 Å². The summed E-state index contributed by atoms with van der Waals surface area (Å²) in [5.74, 6) is -2.75. The molecule has 0 aliphatic heterocycles. The maximum atomic E-state index is 14.2. The summed E-state index contributed by atoms with van der Waals surface area (Å²) >= 11 is 0. The zero-order valence-electron chi connectivity index (χ0n) is 62.8. The molecule has 11 rings (SSSR count). The quantitative estimate of drug-likeness (QED) is 0.0148. The number of ether oxygens (including phenoxy) is 4. The average Bonchev–Trinajstić information content (AvgIpc) is 1.53. The smallest absolute Gasteiger partial charge is 0.317 e. The first-order chi connectivity index (χ1) is 48.3. The number of unbranched alkanes of at least 4 members (excludes halogenated alkanes) is 3. The topological polar surface area (TPSA) is 342 Å². The normalized spacial score (nSPS) is 41.3. The van der Waals surface area contributed by atoms with E-state index >= 15 is 0 Å². The number of fused-ring (bicyclic) bond motifs is 6. The highest BCUT2D eigenvalue weighted by Crippen LogP contribution is 2.74. The molecule has 0 radical (unpaired) electrons. The number of carboxylic acids is 3. The summed E-state index contributed by atoms with van der Waals surface area (Å²) in [6.45, 7) is 20.9. The number of esters is 1. The molecule has 6 bridgehead atoms. The van der Waals surface area contributed by atoms with Gasteiger partial charge in [-0.3, -0.25) is 19.2 Å². The number of carboxylic acid groups (broad SMARTS) is 3. The largest absolute Gasteiger partial charge is 0.497 e. The van der Waals surface area contributed by atoms with Crippen LogP contribution in [0.3, 0.4) is 0 Å². The van der Waals surface area contributed by atoms with E-state index < -0.39 is 99.0 Å². The van der Waals surface area contributed by atoms with Gasteiger partial charge in [-0.05, 0) is 215 Å². The van der Waals surface area contributed by atoms with Gasteiger partial charge in [0.1, 0.15) is 53.4 Å². The van der Waals surface area contributed by atoms with Crippen LogP contribution in [0, 0.1) is 127 Å². The molecule has 20 heteroatoms. The fourth-order valence-corrected chi connectivity index (χ4v) is 23.7. The van der Waals surface area contributed by atoms with E-state index in [4.69, 9.17) is 24.1 Å². The van der Waals surface area contributed by atoms with E-state index in [0.717, 1.165) is 72.7 Å². The summed E-state index contributed by atoms with van der Waals surface area (Å²) in [5, 5.41) is 103. The van der Waals surface area contributed by atoms with Crippen molar-refractivity contribution in [2.45, 2.75) is 241 Å². The molecule has 20 nitrogen and oxygen atoms in total. The van der Waals surface area contributed by atoms with Crippen molar-refractivity contribution in [3.8, 4) is 5.75 Å². The van der Waals surface area contributed by atoms with Crippen LogP contribution in [0.5, 0.6) is 5.75 Å². The van der Waals surface area contributed by atoms with Crippen molar-refractivity contribution in [3.05, 3.63) is 64.8 Å². The molecule has 10 N–H and O–H groups in total. The third-order valence-electron chi connectivity index (χ3n) is 28.3. The Kier molecular flexibility index (Phi) is 26.0. The number of aliphatic carboxylic acids is 3. The highest BCUT2D eigenvalue weighted by molar-refractivity contribution is 5.93. The number of benzene rings is 1. The van der Waals surface area contributed by atoms with Crippen molar-refractivity contribution in [2.75, 3.05) is 34.0 Å². The van der Waals surface area contributed by atoms with Crippen LogP contribution in [0.4, 0.5) is 0 Å². The van der Waals surface area contributed by atoms with E-state index in [1.54, 1.807) is 7.11 Å². The van der Waals surface area contributed by atoms with E-state index in [1.807, 2.05) is 78.8 Å². The Morgan fingerprint density at radius 3 is 1.38 bits per heavy atom. The van der Waals surface area contributed by atoms with Crippen molar-refractivity contribution < 1.29 is 98.8 Å². The Balaban J connectivity index is 0.000000181. The van der Waals surface area contributed by atoms with E-state index in [0.29, 0.717) is 96.5 Å². The van der Waals surface area contributed by atoms with Gasteiger partial charge in [0, 0.05) is 37.8 Å². The molecular weight excluding hydrogens is 1300 g/mol. The number of carbonyl (C=O) groups excluding carboxylic acids is 3. The molecule has 1 aromatic carbocycles. The van der Waals surface area contributed by atoms with Crippen LogP contribution < -0.4 is 4.74 Å². The molecule has 10 aliphatic rings. The van der Waals surface area contributed by atoms with Gasteiger partial charge in [0.05, 0.1) is 43.0 Å². The first-order valence-electron chi connectivity index (χ1n) is 38.7. The second-order valence-corrected chi connectivity index (χ2v) is 34.2. The maximum absolute atomic E-state index is 14.2. The first-order valence-corrected chi connectivity index (χ1v) is 38.7. The van der Waals surface area contributed by atoms with Gasteiger partial charge in [0.2, 0.25) is 0 Å². The Morgan fingerprint density at radius 2 is 0.941 bits per heavy atom. The molecule has 0 amide bonds. The Morgan fingerprint density at radius 1 is 0.520 bits per heavy atom. The first kappa shape index (κ1) is 81.2. The molecule has 0 spiro atoms. The third-order valence-corrected chi connectivity index (χ3v) is 28.3. The molecular formula is C82H124O20. The molecule has 26 atom stereocenters. The fraction of sp³-hybridized carbons (Fsp3) is 0.780. The lowest BCUT2D eigenvalue weighted by molar-refractivity contribution is -0.178. The molecule has 572 valence electrons. The van der Waals surface area contributed by atoms with Gasteiger partial charge in [-0.25, -0.2) is 0 Å². The van der Waals surface area contributed by atoms with Gasteiger partial charge in [-0.2, -0.15) is 0 Å². The van der Waals surface area contributed by atoms with Gasteiger partial charge in [0.15, 0.2) is 0 Å². The highest BCUT2D eigenvalue weighted by Gasteiger charge is 2.77. The molecule has 1 aromatic rings. The number of carbonyl (C=O) groups is 6. The van der Waals surface area contributed by atoms with Gasteiger partial charge < -0.3 is 79.6 Å². The number of hydrogen-bond donors (Lipinski definition) is 10. The standard InChI is InChI=1S/C30H48O9.C30H42O6.C22H34O5/c1-15(2)20-11-18-13-29(20,27(34)35)30(14-18,28(36)37)21-12-22(31)17(4)19(21)8-6-7-9-39-23-10-16(3)26(38-5)25(33)24(23)32;1-19(2)25-13-22-15-29(18-32,26-14-27(33)20(3)24(26)7-5-6-12-31)30(25,16-22)28(34)36-17-21-8-10-23(35-4)11-9-21;1-13(2)17-8-15-10-21(12-24,22(17,11-15)20(26)27)18-9-19(25)14(3)16(18)6-4-5-7-23/h11,15-19,21-26,31-33H,6-10,12-14H2,1-5H3,(H,34,35)(H,36,37);8-11,13,18-20,22,24,26-27,31,33H,5-7,12,14-17H2,1-4H3;8,12-16,18-19,23,25H,4-7,9-11H2,1-3H3,(H,26,27)/t16?,17?,18?,19?,21?,22?,23?,24?,25?,26?,29-,30-;20?,22?,24?,26?,27?,29-,30+;14?,15?,16?,18?,19?,21-,22+/m100/s1. The minimum atomic E-state index is -1.44. The zero-order valence-corrected chi connectivity index (χ0v) is 62.8. The minimum absolute atomic E-state index is 0.0419. The average molecular weight is 1430 g/mol. The third kappa shape index (κ3) is 13.8. The Labute approximate surface area is 604 Å². The summed E-state index contributed by atoms with van der Waals surface area (Å²) in [7, 11) is 3.14. The summed E-state index contributed by atoms with van der Waals surface area (Å²) in [6, 6.07) is 7.45. The number of methoxy groups -OCH3 is 2. The van der Waals surface area contributed by atoms with Crippen molar-refractivity contribution >= 4 is 36.4 Å². The monoisotopic (exact) mass is 1430 g/mol. The highest BCUT2D eigenvalue weighted by atomic mass is 16.5. The summed E-state index contributed by atoms with van der Waals surface area (Å²) in [6.07, 6.45) is 15.4. The van der Waals surface area contributed by atoms with Gasteiger partial charge in [0.25, 0.3) is 0 Å². The predicted octanol–water partition coefficient (Wildman–Crippen LogP) is 10.9. The van der Waals surface area contributed by atoms with Crippen LogP contribution in [0.1, 0.15) is 197 Å². The molecule has 20 unspecified atom stereocenters.